The molecule has 0 unspecified atom stereocenters. The highest BCUT2D eigenvalue weighted by Crippen LogP contribution is 2.44. The first-order valence-electron chi connectivity index (χ1n) is 9.51. The minimum absolute atomic E-state index is 0.0452. The van der Waals surface area contributed by atoms with Crippen molar-refractivity contribution in [1.29, 1.82) is 0 Å². The fourth-order valence-electron chi connectivity index (χ4n) is 4.31. The summed E-state index contributed by atoms with van der Waals surface area (Å²) < 4.78 is 11.3. The fourth-order valence-corrected chi connectivity index (χ4v) is 4.90. The van der Waals surface area contributed by atoms with Crippen molar-refractivity contribution in [3.8, 4) is 5.75 Å². The van der Waals surface area contributed by atoms with Gasteiger partial charge in [0, 0.05) is 6.04 Å². The van der Waals surface area contributed by atoms with Crippen LogP contribution in [-0.4, -0.2) is 27.9 Å². The highest BCUT2D eigenvalue weighted by molar-refractivity contribution is 7.99. The molecule has 2 aliphatic rings. The highest BCUT2D eigenvalue weighted by Gasteiger charge is 2.40. The van der Waals surface area contributed by atoms with Crippen molar-refractivity contribution in [1.82, 2.24) is 15.5 Å². The van der Waals surface area contributed by atoms with E-state index in [9.17, 15) is 4.79 Å². The van der Waals surface area contributed by atoms with Gasteiger partial charge in [-0.15, -0.1) is 10.2 Å². The van der Waals surface area contributed by atoms with Crippen molar-refractivity contribution in [3.63, 3.8) is 0 Å². The number of aryl methyl sites for hydroxylation is 2. The summed E-state index contributed by atoms with van der Waals surface area (Å²) in [5.74, 6) is 3.04. The van der Waals surface area contributed by atoms with E-state index in [1.165, 1.54) is 31.0 Å². The predicted octanol–water partition coefficient (Wildman–Crippen LogP) is 3.66. The number of fused-ring (bicyclic) bond motifs is 2. The minimum atomic E-state index is 0.0452. The molecular formula is C20H25N3O3S. The summed E-state index contributed by atoms with van der Waals surface area (Å²) in [5.41, 5.74) is 2.29. The Morgan fingerprint density at radius 2 is 2.04 bits per heavy atom. The second kappa shape index (κ2) is 7.92. The Morgan fingerprint density at radius 3 is 2.74 bits per heavy atom. The van der Waals surface area contributed by atoms with Crippen LogP contribution in [0.3, 0.4) is 0 Å². The van der Waals surface area contributed by atoms with Gasteiger partial charge in [-0.1, -0.05) is 24.2 Å². The molecule has 2 aromatic rings. The van der Waals surface area contributed by atoms with Crippen LogP contribution in [0.4, 0.5) is 0 Å². The van der Waals surface area contributed by atoms with Gasteiger partial charge >= 0.3 is 0 Å². The predicted molar refractivity (Wildman–Crippen MR) is 103 cm³/mol. The van der Waals surface area contributed by atoms with Gasteiger partial charge in [0.15, 0.2) is 6.61 Å². The van der Waals surface area contributed by atoms with Gasteiger partial charge in [-0.2, -0.15) is 0 Å². The highest BCUT2D eigenvalue weighted by atomic mass is 32.2. The van der Waals surface area contributed by atoms with Crippen LogP contribution < -0.4 is 10.1 Å². The van der Waals surface area contributed by atoms with Crippen LogP contribution in [0.2, 0.25) is 0 Å². The number of benzene rings is 1. The van der Waals surface area contributed by atoms with E-state index in [0.29, 0.717) is 28.8 Å². The molecule has 3 atom stereocenters. The topological polar surface area (TPSA) is 77.2 Å². The number of carbonyl (C=O) groups excluding carboxylic acids is 1. The Balaban J connectivity index is 1.22. The van der Waals surface area contributed by atoms with Crippen molar-refractivity contribution in [2.75, 3.05) is 5.75 Å². The largest absolute Gasteiger partial charge is 0.484 e. The zero-order valence-electron chi connectivity index (χ0n) is 15.7. The first-order chi connectivity index (χ1) is 13.0. The average Bonchev–Trinajstić information content (AvgIpc) is 3.34. The van der Waals surface area contributed by atoms with Gasteiger partial charge in [0.25, 0.3) is 11.1 Å². The number of thioether (sulfide) groups is 1. The van der Waals surface area contributed by atoms with Gasteiger partial charge < -0.3 is 14.5 Å². The summed E-state index contributed by atoms with van der Waals surface area (Å²) in [6, 6.07) is 6.40. The van der Waals surface area contributed by atoms with E-state index < -0.39 is 0 Å². The molecule has 27 heavy (non-hydrogen) atoms. The number of nitrogens with zero attached hydrogens (tertiary/aromatic N) is 2. The summed E-state index contributed by atoms with van der Waals surface area (Å²) in [6.07, 6.45) is 5.02. The summed E-state index contributed by atoms with van der Waals surface area (Å²) in [6.45, 7) is 4.28. The molecule has 2 fully saturated rings. The smallest absolute Gasteiger partial charge is 0.277 e. The maximum absolute atomic E-state index is 12.2. The van der Waals surface area contributed by atoms with Gasteiger partial charge in [0.1, 0.15) is 5.75 Å². The van der Waals surface area contributed by atoms with E-state index in [-0.39, 0.29) is 12.5 Å². The minimum Gasteiger partial charge on any atom is -0.484 e. The quantitative estimate of drug-likeness (QED) is 0.731. The van der Waals surface area contributed by atoms with Crippen LogP contribution in [0.5, 0.6) is 5.75 Å². The lowest BCUT2D eigenvalue weighted by atomic mass is 9.95. The van der Waals surface area contributed by atoms with Crippen molar-refractivity contribution in [2.45, 2.75) is 57.4 Å². The molecule has 0 saturated heterocycles. The molecule has 6 nitrogen and oxygen atoms in total. The van der Waals surface area contributed by atoms with Gasteiger partial charge in [-0.3, -0.25) is 4.79 Å². The second-order valence-electron chi connectivity index (χ2n) is 7.71. The third kappa shape index (κ3) is 4.64. The molecule has 0 aliphatic heterocycles. The molecule has 0 spiro atoms. The molecule has 2 aliphatic carbocycles. The Bertz CT molecular complexity index is 802. The van der Waals surface area contributed by atoms with Crippen LogP contribution in [0.25, 0.3) is 0 Å². The number of nitrogens with one attached hydrogen (secondary N) is 1. The van der Waals surface area contributed by atoms with E-state index in [1.807, 2.05) is 26.0 Å². The molecule has 144 valence electrons. The van der Waals surface area contributed by atoms with Crippen molar-refractivity contribution in [2.24, 2.45) is 11.8 Å². The van der Waals surface area contributed by atoms with Gasteiger partial charge in [0.05, 0.1) is 5.75 Å². The molecule has 1 heterocycles. The summed E-state index contributed by atoms with van der Waals surface area (Å²) in [5, 5.41) is 11.6. The normalized spacial score (nSPS) is 23.6. The zero-order valence-corrected chi connectivity index (χ0v) is 16.6. The molecule has 7 heteroatoms. The molecule has 2 saturated carbocycles. The summed E-state index contributed by atoms with van der Waals surface area (Å²) >= 11 is 1.27. The third-order valence-corrected chi connectivity index (χ3v) is 6.24. The second-order valence-corrected chi connectivity index (χ2v) is 8.64. The van der Waals surface area contributed by atoms with Crippen LogP contribution >= 0.6 is 11.8 Å². The van der Waals surface area contributed by atoms with Crippen LogP contribution in [0.15, 0.2) is 27.8 Å². The molecule has 2 bridgehead atoms. The number of carbonyl (C=O) groups is 1. The van der Waals surface area contributed by atoms with Gasteiger partial charge in [-0.05, 0) is 68.2 Å². The van der Waals surface area contributed by atoms with Crippen molar-refractivity contribution in [3.05, 3.63) is 35.2 Å². The number of aromatic nitrogens is 2. The molecule has 1 aromatic carbocycles. The van der Waals surface area contributed by atoms with Crippen LogP contribution in [-0.2, 0) is 11.4 Å². The fraction of sp³-hybridized carbons (Fsp3) is 0.550. The van der Waals surface area contributed by atoms with Crippen molar-refractivity contribution < 1.29 is 13.9 Å². The first-order valence-corrected chi connectivity index (χ1v) is 10.5. The molecule has 0 radical (unpaired) electrons. The SMILES string of the molecule is Cc1cc(C)cc(OCc2nnc(SCC(=O)N[C@@H]3C[C@H]4CC[C@H]3C4)o2)c1. The maximum atomic E-state index is 12.2. The standard InChI is InChI=1S/C20H25N3O3S/c1-12-5-13(2)7-16(6-12)25-10-19-22-23-20(26-19)27-11-18(24)21-17-9-14-3-4-15(17)8-14/h5-7,14-15,17H,3-4,8-11H2,1-2H3,(H,21,24)/t14-,15-,17+/m0/s1. The molecule has 4 rings (SSSR count). The van der Waals surface area contributed by atoms with Crippen LogP contribution in [0, 0.1) is 25.7 Å². The van der Waals surface area contributed by atoms with Crippen molar-refractivity contribution >= 4 is 17.7 Å². The van der Waals surface area contributed by atoms with Crippen LogP contribution in [0.1, 0.15) is 42.7 Å². The lowest BCUT2D eigenvalue weighted by molar-refractivity contribution is -0.119. The maximum Gasteiger partial charge on any atom is 0.277 e. The Kier molecular flexibility index (Phi) is 5.38. The average molecular weight is 388 g/mol. The number of rotatable bonds is 7. The van der Waals surface area contributed by atoms with E-state index in [1.54, 1.807) is 0 Å². The third-order valence-electron chi connectivity index (χ3n) is 5.42. The summed E-state index contributed by atoms with van der Waals surface area (Å²) in [4.78, 5) is 12.2. The number of hydrogen-bond donors (Lipinski definition) is 1. The first kappa shape index (κ1) is 18.3. The number of amides is 1. The Morgan fingerprint density at radius 1 is 1.22 bits per heavy atom. The van der Waals surface area contributed by atoms with Gasteiger partial charge in [-0.25, -0.2) is 0 Å². The number of ether oxygens (including phenoxy) is 1. The zero-order chi connectivity index (χ0) is 18.8. The molecular weight excluding hydrogens is 362 g/mol. The van der Waals surface area contributed by atoms with E-state index in [2.05, 4.69) is 21.6 Å². The lowest BCUT2D eigenvalue weighted by Gasteiger charge is -2.22. The molecule has 1 amide bonds. The Labute approximate surface area is 163 Å². The van der Waals surface area contributed by atoms with E-state index in [0.717, 1.165) is 29.2 Å². The van der Waals surface area contributed by atoms with Gasteiger partial charge in [0.2, 0.25) is 5.91 Å². The molecule has 1 aromatic heterocycles. The lowest BCUT2D eigenvalue weighted by Crippen LogP contribution is -2.39. The molecule has 1 N–H and O–H groups in total. The summed E-state index contributed by atoms with van der Waals surface area (Å²) in [7, 11) is 0. The monoisotopic (exact) mass is 387 g/mol. The Hall–Kier alpha value is -2.02. The van der Waals surface area contributed by atoms with E-state index >= 15 is 0 Å². The van der Waals surface area contributed by atoms with E-state index in [4.69, 9.17) is 9.15 Å². The number of hydrogen-bond acceptors (Lipinski definition) is 6.